The van der Waals surface area contributed by atoms with Gasteiger partial charge in [0.2, 0.25) is 0 Å². The molecule has 1 saturated carbocycles. The van der Waals surface area contributed by atoms with Crippen molar-refractivity contribution in [2.24, 2.45) is 12.9 Å². The Bertz CT molecular complexity index is 354. The molecule has 1 unspecified atom stereocenters. The van der Waals surface area contributed by atoms with Crippen LogP contribution in [-0.2, 0) is 18.2 Å². The molecule has 2 rings (SSSR count). The molecule has 0 spiro atoms. The summed E-state index contributed by atoms with van der Waals surface area (Å²) in [6.45, 7) is 0. The number of hydrazine groups is 1. The molecule has 5 heteroatoms. The van der Waals surface area contributed by atoms with Gasteiger partial charge in [0.15, 0.2) is 0 Å². The monoisotopic (exact) mass is 238 g/mol. The predicted octanol–water partition coefficient (Wildman–Crippen LogP) is 0.754. The van der Waals surface area contributed by atoms with Crippen molar-refractivity contribution in [2.75, 3.05) is 7.11 Å². The lowest BCUT2D eigenvalue weighted by atomic mass is 9.75. The summed E-state index contributed by atoms with van der Waals surface area (Å²) in [6.07, 6.45) is 7.31. The van der Waals surface area contributed by atoms with E-state index in [1.54, 1.807) is 7.11 Å². The van der Waals surface area contributed by atoms with Gasteiger partial charge in [-0.05, 0) is 31.7 Å². The molecule has 1 fully saturated rings. The normalized spacial score (nSPS) is 19.9. The van der Waals surface area contributed by atoms with E-state index in [9.17, 15) is 0 Å². The molecule has 17 heavy (non-hydrogen) atoms. The van der Waals surface area contributed by atoms with E-state index in [0.29, 0.717) is 0 Å². The number of methoxy groups -OCH3 is 1. The third-order valence-corrected chi connectivity index (χ3v) is 3.78. The van der Waals surface area contributed by atoms with E-state index >= 15 is 0 Å². The van der Waals surface area contributed by atoms with Gasteiger partial charge in [0.05, 0.1) is 11.3 Å². The zero-order valence-electron chi connectivity index (χ0n) is 10.6. The van der Waals surface area contributed by atoms with Gasteiger partial charge in [0, 0.05) is 32.8 Å². The second-order valence-corrected chi connectivity index (χ2v) is 4.99. The number of aromatic nitrogens is 2. The summed E-state index contributed by atoms with van der Waals surface area (Å²) < 4.78 is 7.45. The molecular weight excluding hydrogens is 216 g/mol. The average molecular weight is 238 g/mol. The Morgan fingerprint density at radius 1 is 1.65 bits per heavy atom. The first kappa shape index (κ1) is 12.5. The highest BCUT2D eigenvalue weighted by molar-refractivity contribution is 5.03. The van der Waals surface area contributed by atoms with Crippen molar-refractivity contribution in [2.45, 2.75) is 43.7 Å². The number of aryl methyl sites for hydroxylation is 1. The van der Waals surface area contributed by atoms with Crippen LogP contribution in [0, 0.1) is 0 Å². The number of ether oxygens (including phenoxy) is 1. The van der Waals surface area contributed by atoms with Crippen LogP contribution in [0.25, 0.3) is 0 Å². The number of hydrogen-bond donors (Lipinski definition) is 2. The van der Waals surface area contributed by atoms with Crippen molar-refractivity contribution in [3.63, 3.8) is 0 Å². The van der Waals surface area contributed by atoms with E-state index < -0.39 is 0 Å². The van der Waals surface area contributed by atoms with Gasteiger partial charge in [-0.25, -0.2) is 0 Å². The van der Waals surface area contributed by atoms with Gasteiger partial charge in [0.25, 0.3) is 0 Å². The fraction of sp³-hybridized carbons (Fsp3) is 0.750. The molecule has 1 aliphatic carbocycles. The first-order chi connectivity index (χ1) is 8.17. The quantitative estimate of drug-likeness (QED) is 0.567. The molecule has 0 amide bonds. The number of nitrogens with zero attached hydrogens (tertiary/aromatic N) is 2. The molecule has 0 radical (unpaired) electrons. The molecule has 1 aliphatic rings. The fourth-order valence-electron chi connectivity index (χ4n) is 2.53. The Hall–Kier alpha value is -0.910. The molecule has 96 valence electrons. The molecule has 0 aromatic carbocycles. The van der Waals surface area contributed by atoms with Gasteiger partial charge < -0.3 is 4.74 Å². The minimum atomic E-state index is 0.0474. The second kappa shape index (κ2) is 5.16. The van der Waals surface area contributed by atoms with E-state index in [2.05, 4.69) is 10.5 Å². The first-order valence-electron chi connectivity index (χ1n) is 6.17. The lowest BCUT2D eigenvalue weighted by Crippen LogP contribution is -2.48. The zero-order valence-corrected chi connectivity index (χ0v) is 10.6. The average Bonchev–Trinajstić information content (AvgIpc) is 2.67. The van der Waals surface area contributed by atoms with E-state index in [1.807, 2.05) is 24.0 Å². The summed E-state index contributed by atoms with van der Waals surface area (Å²) in [5.74, 6) is 5.63. The summed E-state index contributed by atoms with van der Waals surface area (Å²) in [4.78, 5) is 0. The van der Waals surface area contributed by atoms with Crippen molar-refractivity contribution in [1.82, 2.24) is 15.2 Å². The summed E-state index contributed by atoms with van der Waals surface area (Å²) in [5.41, 5.74) is 4.01. The van der Waals surface area contributed by atoms with E-state index in [0.717, 1.165) is 31.4 Å². The van der Waals surface area contributed by atoms with Crippen LogP contribution in [0.1, 0.15) is 31.4 Å². The molecule has 5 nitrogen and oxygen atoms in total. The van der Waals surface area contributed by atoms with Crippen molar-refractivity contribution in [3.05, 3.63) is 18.0 Å². The van der Waals surface area contributed by atoms with Crippen molar-refractivity contribution in [1.29, 1.82) is 0 Å². The first-order valence-corrected chi connectivity index (χ1v) is 6.17. The van der Waals surface area contributed by atoms with Gasteiger partial charge in [0.1, 0.15) is 0 Å². The molecule has 1 aromatic heterocycles. The fourth-order valence-corrected chi connectivity index (χ4v) is 2.53. The minimum absolute atomic E-state index is 0.0474. The predicted molar refractivity (Wildman–Crippen MR) is 66.2 cm³/mol. The summed E-state index contributed by atoms with van der Waals surface area (Å²) >= 11 is 0. The van der Waals surface area contributed by atoms with Crippen LogP contribution in [0.15, 0.2) is 12.3 Å². The van der Waals surface area contributed by atoms with Gasteiger partial charge in [-0.3, -0.25) is 16.0 Å². The van der Waals surface area contributed by atoms with Crippen molar-refractivity contribution < 1.29 is 4.74 Å². The lowest BCUT2D eigenvalue weighted by molar-refractivity contribution is -0.0834. The maximum absolute atomic E-state index is 5.63. The Labute approximate surface area is 102 Å². The van der Waals surface area contributed by atoms with Crippen LogP contribution in [0.4, 0.5) is 0 Å². The Kier molecular flexibility index (Phi) is 3.81. The minimum Gasteiger partial charge on any atom is -0.378 e. The van der Waals surface area contributed by atoms with Gasteiger partial charge in [-0.2, -0.15) is 5.10 Å². The Balaban J connectivity index is 1.92. The van der Waals surface area contributed by atoms with Crippen LogP contribution in [0.2, 0.25) is 0 Å². The highest BCUT2D eigenvalue weighted by Crippen LogP contribution is 2.39. The Morgan fingerprint density at radius 3 is 2.82 bits per heavy atom. The molecular formula is C12H22N4O. The van der Waals surface area contributed by atoms with Crippen LogP contribution >= 0.6 is 0 Å². The highest BCUT2D eigenvalue weighted by Gasteiger charge is 2.38. The molecule has 0 aliphatic heterocycles. The second-order valence-electron chi connectivity index (χ2n) is 4.99. The Morgan fingerprint density at radius 2 is 2.41 bits per heavy atom. The van der Waals surface area contributed by atoms with Gasteiger partial charge in [-0.15, -0.1) is 0 Å². The number of nitrogens with one attached hydrogen (secondary N) is 1. The van der Waals surface area contributed by atoms with E-state index in [1.165, 1.54) is 6.42 Å². The molecule has 0 saturated heterocycles. The highest BCUT2D eigenvalue weighted by atomic mass is 16.5. The van der Waals surface area contributed by atoms with E-state index in [4.69, 9.17) is 10.6 Å². The molecule has 1 aromatic rings. The van der Waals surface area contributed by atoms with Crippen LogP contribution < -0.4 is 11.3 Å². The third-order valence-electron chi connectivity index (χ3n) is 3.78. The van der Waals surface area contributed by atoms with Crippen molar-refractivity contribution >= 4 is 0 Å². The maximum atomic E-state index is 5.63. The van der Waals surface area contributed by atoms with Crippen LogP contribution in [0.3, 0.4) is 0 Å². The van der Waals surface area contributed by atoms with Crippen LogP contribution in [-0.4, -0.2) is 28.5 Å². The maximum Gasteiger partial charge on any atom is 0.0694 e. The lowest BCUT2D eigenvalue weighted by Gasteiger charge is -2.42. The number of nitrogens with two attached hydrogens (primary N) is 1. The smallest absolute Gasteiger partial charge is 0.0694 e. The number of hydrogen-bond acceptors (Lipinski definition) is 4. The number of rotatable bonds is 6. The molecule has 1 heterocycles. The zero-order chi connectivity index (χ0) is 12.3. The van der Waals surface area contributed by atoms with Gasteiger partial charge in [-0.1, -0.05) is 0 Å². The van der Waals surface area contributed by atoms with E-state index in [-0.39, 0.29) is 11.6 Å². The topological polar surface area (TPSA) is 65.1 Å². The molecule has 1 atom stereocenters. The molecule has 3 N–H and O–H groups in total. The summed E-state index contributed by atoms with van der Waals surface area (Å²) in [6, 6.07) is 2.26. The summed E-state index contributed by atoms with van der Waals surface area (Å²) in [7, 11) is 3.73. The summed E-state index contributed by atoms with van der Waals surface area (Å²) in [5, 5.41) is 4.38. The van der Waals surface area contributed by atoms with Crippen LogP contribution in [0.5, 0.6) is 0 Å². The SMILES string of the molecule is COC1(CC(Cc2ccn(C)n2)NN)CCC1. The largest absolute Gasteiger partial charge is 0.378 e. The van der Waals surface area contributed by atoms with Crippen molar-refractivity contribution in [3.8, 4) is 0 Å². The van der Waals surface area contributed by atoms with Gasteiger partial charge >= 0.3 is 0 Å². The molecule has 0 bridgehead atoms. The standard InChI is InChI=1S/C12H22N4O/c1-16-7-4-10(15-16)8-11(14-13)9-12(17-2)5-3-6-12/h4,7,11,14H,3,5-6,8-9,13H2,1-2H3. The third kappa shape index (κ3) is 2.86.